The molecule has 1 saturated heterocycles. The Labute approximate surface area is 305 Å². The molecule has 15 nitrogen and oxygen atoms in total. The number of carbonyl (C=O) groups is 1. The molecule has 1 aliphatic rings. The SMILES string of the molecule is CCC=CCC=CCC=CCC=CCC=CCC=CCCC(=O)NCCNP(=O)(OC)OCC1OC(n2cnc3c(=O)[nH]c(N)nc32)C(C)(O)C1O. The van der Waals surface area contributed by atoms with Gasteiger partial charge in [-0.2, -0.15) is 4.98 Å². The van der Waals surface area contributed by atoms with E-state index in [1.165, 1.54) is 24.9 Å². The second-order valence-corrected chi connectivity index (χ2v) is 14.1. The van der Waals surface area contributed by atoms with Crippen LogP contribution < -0.4 is 21.7 Å². The molecule has 2 aromatic heterocycles. The third-order valence-electron chi connectivity index (χ3n) is 7.99. The summed E-state index contributed by atoms with van der Waals surface area (Å²) in [5, 5.41) is 27.3. The fourth-order valence-corrected chi connectivity index (χ4v) is 6.22. The molecule has 3 rings (SSSR count). The summed E-state index contributed by atoms with van der Waals surface area (Å²) in [5.41, 5.74) is 3.23. The van der Waals surface area contributed by atoms with Gasteiger partial charge < -0.3 is 30.5 Å². The van der Waals surface area contributed by atoms with Crippen LogP contribution in [0.4, 0.5) is 5.95 Å². The molecule has 7 N–H and O–H groups in total. The molecular weight excluding hydrogens is 689 g/mol. The number of aliphatic hydroxyl groups excluding tert-OH is 1. The first kappa shape index (κ1) is 42.5. The van der Waals surface area contributed by atoms with Crippen LogP contribution >= 0.6 is 7.75 Å². The standard InChI is InChI=1S/C36H54N7O8P/c1-4-5-6-7-8-9-10-11-12-13-14-15-16-17-18-19-20-21-22-23-29(44)38-24-25-40-52(48,49-3)50-26-28-31(45)36(2,47)34(51-28)43-27-39-30-32(43)41-35(37)42-33(30)46/h5-6,8-9,11-12,14-15,17-18,20-21,27-28,31,34,45,47H,4,7,10,13,16,19,22-26H2,1-3H3,(H,38,44)(H,40,48)(H3,37,41,42,46). The van der Waals surface area contributed by atoms with Crippen molar-refractivity contribution in [1.29, 1.82) is 0 Å². The number of hydrogen-bond donors (Lipinski definition) is 6. The van der Waals surface area contributed by atoms with Crippen molar-refractivity contribution < 1.29 is 33.4 Å². The first-order valence-electron chi connectivity index (χ1n) is 17.5. The number of rotatable bonds is 23. The van der Waals surface area contributed by atoms with Crippen molar-refractivity contribution in [2.24, 2.45) is 0 Å². The van der Waals surface area contributed by atoms with Crippen LogP contribution in [0.2, 0.25) is 0 Å². The van der Waals surface area contributed by atoms with Gasteiger partial charge in [-0.1, -0.05) is 79.8 Å². The van der Waals surface area contributed by atoms with Crippen molar-refractivity contribution >= 4 is 30.8 Å². The third kappa shape index (κ3) is 13.6. The maximum atomic E-state index is 13.1. The zero-order chi connectivity index (χ0) is 37.8. The minimum Gasteiger partial charge on any atom is -0.387 e. The summed E-state index contributed by atoms with van der Waals surface area (Å²) in [7, 11) is -2.68. The van der Waals surface area contributed by atoms with Crippen LogP contribution in [0.25, 0.3) is 11.2 Å². The Morgan fingerprint density at radius 2 is 1.62 bits per heavy atom. The number of fused-ring (bicyclic) bond motifs is 1. The van der Waals surface area contributed by atoms with Crippen LogP contribution in [0.1, 0.15) is 71.4 Å². The monoisotopic (exact) mass is 743 g/mol. The summed E-state index contributed by atoms with van der Waals surface area (Å²) < 4.78 is 30.8. The van der Waals surface area contributed by atoms with E-state index in [0.717, 1.165) is 38.5 Å². The summed E-state index contributed by atoms with van der Waals surface area (Å²) in [6.45, 7) is 3.29. The summed E-state index contributed by atoms with van der Waals surface area (Å²) in [4.78, 5) is 34.8. The van der Waals surface area contributed by atoms with Crippen molar-refractivity contribution in [2.45, 2.75) is 89.3 Å². The van der Waals surface area contributed by atoms with E-state index < -0.39 is 43.9 Å². The van der Waals surface area contributed by atoms with E-state index >= 15 is 0 Å². The molecule has 0 saturated carbocycles. The van der Waals surface area contributed by atoms with E-state index in [9.17, 15) is 24.4 Å². The van der Waals surface area contributed by atoms with Gasteiger partial charge in [-0.3, -0.25) is 23.7 Å². The number of nitrogens with one attached hydrogen (secondary N) is 3. The Hall–Kier alpha value is -3.95. The van der Waals surface area contributed by atoms with Crippen LogP contribution in [-0.4, -0.2) is 80.3 Å². The number of aliphatic hydroxyl groups is 2. The Kier molecular flexibility index (Phi) is 18.1. The molecule has 5 unspecified atom stereocenters. The molecule has 1 aliphatic heterocycles. The third-order valence-corrected chi connectivity index (χ3v) is 9.57. The number of aromatic amines is 1. The maximum Gasteiger partial charge on any atom is 0.405 e. The van der Waals surface area contributed by atoms with Gasteiger partial charge in [0.05, 0.1) is 12.9 Å². The van der Waals surface area contributed by atoms with Crippen molar-refractivity contribution in [3.05, 3.63) is 89.6 Å². The van der Waals surface area contributed by atoms with Gasteiger partial charge in [0.25, 0.3) is 5.56 Å². The molecule has 2 aromatic rings. The fourth-order valence-electron chi connectivity index (χ4n) is 5.16. The zero-order valence-electron chi connectivity index (χ0n) is 30.2. The topological polar surface area (TPSA) is 216 Å². The largest absolute Gasteiger partial charge is 0.405 e. The normalized spacial score (nSPS) is 22.4. The molecule has 0 aromatic carbocycles. The first-order valence-corrected chi connectivity index (χ1v) is 19.1. The number of ether oxygens (including phenoxy) is 1. The number of nitrogens with two attached hydrogens (primary N) is 1. The number of H-pyrrole nitrogens is 1. The highest BCUT2D eigenvalue weighted by atomic mass is 31.2. The molecule has 5 atom stereocenters. The second kappa shape index (κ2) is 22.2. The number of hydrogen-bond acceptors (Lipinski definition) is 11. The predicted octanol–water partition coefficient (Wildman–Crippen LogP) is 4.67. The lowest BCUT2D eigenvalue weighted by molar-refractivity contribution is -0.120. The summed E-state index contributed by atoms with van der Waals surface area (Å²) in [6.07, 6.45) is 29.5. The summed E-state index contributed by atoms with van der Waals surface area (Å²) in [6, 6.07) is 0. The lowest BCUT2D eigenvalue weighted by Crippen LogP contribution is -2.44. The Morgan fingerprint density at radius 3 is 2.19 bits per heavy atom. The average Bonchev–Trinajstić information content (AvgIpc) is 3.63. The van der Waals surface area contributed by atoms with Crippen molar-refractivity contribution in [3.63, 3.8) is 0 Å². The molecule has 1 amide bonds. The van der Waals surface area contributed by atoms with Crippen molar-refractivity contribution in [1.82, 2.24) is 29.9 Å². The molecule has 3 heterocycles. The molecule has 0 bridgehead atoms. The van der Waals surface area contributed by atoms with Crippen LogP contribution in [0.5, 0.6) is 0 Å². The summed E-state index contributed by atoms with van der Waals surface area (Å²) >= 11 is 0. The van der Waals surface area contributed by atoms with Crippen molar-refractivity contribution in [2.75, 3.05) is 32.5 Å². The smallest absolute Gasteiger partial charge is 0.387 e. The number of imidazole rings is 1. The highest BCUT2D eigenvalue weighted by Crippen LogP contribution is 2.45. The molecule has 0 aliphatic carbocycles. The van der Waals surface area contributed by atoms with Crippen molar-refractivity contribution in [3.8, 4) is 0 Å². The fraction of sp³-hybridized carbons (Fsp3) is 0.500. The number of anilines is 1. The quantitative estimate of drug-likeness (QED) is 0.0521. The molecular formula is C36H54N7O8P. The predicted molar refractivity (Wildman–Crippen MR) is 202 cm³/mol. The van der Waals surface area contributed by atoms with Gasteiger partial charge in [0.1, 0.15) is 17.8 Å². The molecule has 52 heavy (non-hydrogen) atoms. The minimum atomic E-state index is -3.87. The van der Waals surface area contributed by atoms with E-state index in [0.29, 0.717) is 12.8 Å². The van der Waals surface area contributed by atoms with Crippen LogP contribution in [0.3, 0.4) is 0 Å². The van der Waals surface area contributed by atoms with Crippen LogP contribution in [-0.2, 0) is 23.1 Å². The van der Waals surface area contributed by atoms with Gasteiger partial charge in [-0.15, -0.1) is 0 Å². The van der Waals surface area contributed by atoms with Gasteiger partial charge in [0.15, 0.2) is 17.4 Å². The Balaban J connectivity index is 1.28. The van der Waals surface area contributed by atoms with E-state index in [-0.39, 0.29) is 36.1 Å². The van der Waals surface area contributed by atoms with E-state index in [1.807, 2.05) is 12.2 Å². The minimum absolute atomic E-state index is 0.0309. The Morgan fingerprint density at radius 1 is 1.04 bits per heavy atom. The number of nitrogen functional groups attached to an aromatic ring is 1. The molecule has 16 heteroatoms. The molecule has 1 fully saturated rings. The van der Waals surface area contributed by atoms with Gasteiger partial charge in [0, 0.05) is 26.6 Å². The number of aromatic nitrogens is 4. The average molecular weight is 744 g/mol. The van der Waals surface area contributed by atoms with E-state index in [4.69, 9.17) is 19.5 Å². The van der Waals surface area contributed by atoms with Crippen LogP contribution in [0, 0.1) is 0 Å². The number of allylic oxidation sites excluding steroid dienone is 12. The number of amides is 1. The lowest BCUT2D eigenvalue weighted by Gasteiger charge is -2.27. The maximum absolute atomic E-state index is 13.1. The Bertz CT molecular complexity index is 1690. The molecule has 0 radical (unpaired) electrons. The number of carbonyl (C=O) groups excluding carboxylic acids is 1. The van der Waals surface area contributed by atoms with E-state index in [1.54, 1.807) is 0 Å². The van der Waals surface area contributed by atoms with Gasteiger partial charge in [0.2, 0.25) is 11.9 Å². The highest BCUT2D eigenvalue weighted by molar-refractivity contribution is 7.51. The van der Waals surface area contributed by atoms with Crippen LogP contribution in [0.15, 0.2) is 84.0 Å². The van der Waals surface area contributed by atoms with Gasteiger partial charge in [-0.05, 0) is 51.9 Å². The first-order chi connectivity index (χ1) is 25.0. The summed E-state index contributed by atoms with van der Waals surface area (Å²) in [5.74, 6) is -0.319. The highest BCUT2D eigenvalue weighted by Gasteiger charge is 2.54. The van der Waals surface area contributed by atoms with E-state index in [2.05, 4.69) is 93.0 Å². The molecule has 0 spiro atoms. The second-order valence-electron chi connectivity index (χ2n) is 12.2. The van der Waals surface area contributed by atoms with Gasteiger partial charge >= 0.3 is 7.75 Å². The zero-order valence-corrected chi connectivity index (χ0v) is 31.1. The molecule has 286 valence electrons. The lowest BCUT2D eigenvalue weighted by atomic mass is 9.96. The number of nitrogens with zero attached hydrogens (tertiary/aromatic N) is 3. The van der Waals surface area contributed by atoms with Gasteiger partial charge in [-0.25, -0.2) is 14.6 Å².